The first-order valence-corrected chi connectivity index (χ1v) is 11.9. The molecule has 0 unspecified atom stereocenters. The number of ketones is 2. The zero-order valence-corrected chi connectivity index (χ0v) is 16.5. The van der Waals surface area contributed by atoms with Crippen LogP contribution in [0.5, 0.6) is 0 Å². The van der Waals surface area contributed by atoms with Crippen molar-refractivity contribution in [1.29, 1.82) is 0 Å². The molecule has 1 saturated carbocycles. The van der Waals surface area contributed by atoms with E-state index in [4.69, 9.17) is 13.9 Å². The van der Waals surface area contributed by atoms with Crippen LogP contribution in [-0.2, 0) is 28.3 Å². The Labute approximate surface area is 144 Å². The summed E-state index contributed by atoms with van der Waals surface area (Å²) < 4.78 is 18.4. The zero-order chi connectivity index (χ0) is 18.4. The lowest BCUT2D eigenvalue weighted by Crippen LogP contribution is -2.72. The van der Waals surface area contributed by atoms with Crippen LogP contribution in [0.15, 0.2) is 0 Å². The molecule has 0 bridgehead atoms. The summed E-state index contributed by atoms with van der Waals surface area (Å²) in [5.74, 6) is -1.75. The van der Waals surface area contributed by atoms with Crippen LogP contribution in [0.1, 0.15) is 52.9 Å². The quantitative estimate of drug-likeness (QED) is 0.557. The molecule has 6 nitrogen and oxygen atoms in total. The highest BCUT2D eigenvalue weighted by Gasteiger charge is 2.66. The molecule has 24 heavy (non-hydrogen) atoms. The highest BCUT2D eigenvalue weighted by atomic mass is 28.4. The molecule has 0 amide bonds. The van der Waals surface area contributed by atoms with Crippen molar-refractivity contribution in [3.8, 4) is 0 Å². The monoisotopic (exact) mass is 356 g/mol. The first-order valence-electron chi connectivity index (χ1n) is 8.46. The number of rotatable bonds is 5. The van der Waals surface area contributed by atoms with E-state index in [1.165, 1.54) is 6.92 Å². The second-order valence-corrected chi connectivity index (χ2v) is 12.8. The summed E-state index contributed by atoms with van der Waals surface area (Å²) in [7, 11) is -2.10. The van der Waals surface area contributed by atoms with E-state index in [9.17, 15) is 14.4 Å². The Kier molecular flexibility index (Phi) is 4.85. The van der Waals surface area contributed by atoms with Gasteiger partial charge < -0.3 is 18.7 Å². The molecule has 1 aliphatic carbocycles. The summed E-state index contributed by atoms with van der Waals surface area (Å²) >= 11 is 0. The van der Waals surface area contributed by atoms with E-state index < -0.39 is 31.3 Å². The number of hydrogen-bond donors (Lipinski definition) is 0. The predicted octanol–water partition coefficient (Wildman–Crippen LogP) is 2.75. The molecule has 2 fully saturated rings. The molecule has 1 aliphatic heterocycles. The number of ether oxygens (including phenoxy) is 2. The van der Waals surface area contributed by atoms with Crippen LogP contribution >= 0.6 is 0 Å². The summed E-state index contributed by atoms with van der Waals surface area (Å²) in [6, 6.07) is 0. The highest BCUT2D eigenvalue weighted by molar-refractivity contribution is 6.69. The lowest BCUT2D eigenvalue weighted by atomic mass is 9.77. The Bertz CT molecular complexity index is 568. The van der Waals surface area contributed by atoms with Crippen molar-refractivity contribution in [2.24, 2.45) is 0 Å². The second-order valence-electron chi connectivity index (χ2n) is 8.34. The van der Waals surface area contributed by atoms with Crippen LogP contribution in [0.25, 0.3) is 0 Å². The Morgan fingerprint density at radius 2 is 1.88 bits per heavy atom. The fraction of sp³-hybridized carbons (Fsp3) is 0.824. The van der Waals surface area contributed by atoms with Crippen molar-refractivity contribution in [3.05, 3.63) is 0 Å². The first kappa shape index (κ1) is 19.3. The van der Waals surface area contributed by atoms with Gasteiger partial charge in [0.15, 0.2) is 19.5 Å². The molecule has 0 spiro atoms. The minimum absolute atomic E-state index is 0.0270. The Morgan fingerprint density at radius 3 is 2.42 bits per heavy atom. The van der Waals surface area contributed by atoms with Gasteiger partial charge in [-0.05, 0) is 53.3 Å². The van der Waals surface area contributed by atoms with Gasteiger partial charge in [0.05, 0.1) is 6.42 Å². The van der Waals surface area contributed by atoms with Gasteiger partial charge in [0.2, 0.25) is 5.79 Å². The maximum absolute atomic E-state index is 12.6. The molecule has 2 rings (SSSR count). The minimum atomic E-state index is -2.10. The second kappa shape index (κ2) is 6.03. The SMILES string of the molecule is CC(=O)CC[C@]1(C)O[C@]2(O[Si](C)(C)C)CC(=O)CC[C@]2(C)OC1=O. The van der Waals surface area contributed by atoms with Gasteiger partial charge in [0, 0.05) is 12.8 Å². The molecule has 1 saturated heterocycles. The molecular formula is C17H28O6Si. The van der Waals surface area contributed by atoms with Gasteiger partial charge in [-0.15, -0.1) is 0 Å². The van der Waals surface area contributed by atoms with Gasteiger partial charge in [-0.1, -0.05) is 0 Å². The van der Waals surface area contributed by atoms with E-state index in [-0.39, 0.29) is 30.8 Å². The van der Waals surface area contributed by atoms with E-state index in [0.29, 0.717) is 12.8 Å². The van der Waals surface area contributed by atoms with Gasteiger partial charge in [-0.3, -0.25) is 4.79 Å². The van der Waals surface area contributed by atoms with E-state index in [1.54, 1.807) is 13.8 Å². The molecule has 2 aliphatic rings. The number of fused-ring (bicyclic) bond motifs is 1. The Morgan fingerprint density at radius 1 is 1.25 bits per heavy atom. The first-order chi connectivity index (χ1) is 10.8. The summed E-state index contributed by atoms with van der Waals surface area (Å²) in [5.41, 5.74) is -2.28. The normalized spacial score (nSPS) is 36.9. The highest BCUT2D eigenvalue weighted by Crippen LogP contribution is 2.50. The molecule has 0 aromatic carbocycles. The Balaban J connectivity index is 2.42. The van der Waals surface area contributed by atoms with E-state index in [0.717, 1.165) is 0 Å². The van der Waals surface area contributed by atoms with Crippen LogP contribution in [-0.4, -0.2) is 42.8 Å². The molecule has 0 aromatic heterocycles. The molecule has 0 radical (unpaired) electrons. The summed E-state index contributed by atoms with van der Waals surface area (Å²) in [5, 5.41) is 0. The van der Waals surface area contributed by atoms with E-state index in [2.05, 4.69) is 0 Å². The number of hydrogen-bond acceptors (Lipinski definition) is 6. The fourth-order valence-corrected chi connectivity index (χ4v) is 4.64. The van der Waals surface area contributed by atoms with Crippen molar-refractivity contribution in [3.63, 3.8) is 0 Å². The van der Waals surface area contributed by atoms with Crippen molar-refractivity contribution in [2.75, 3.05) is 0 Å². The van der Waals surface area contributed by atoms with Crippen molar-refractivity contribution >= 4 is 25.9 Å². The van der Waals surface area contributed by atoms with Crippen LogP contribution in [0.4, 0.5) is 0 Å². The third-order valence-corrected chi connectivity index (χ3v) is 5.62. The van der Waals surface area contributed by atoms with E-state index in [1.807, 2.05) is 19.6 Å². The minimum Gasteiger partial charge on any atom is -0.451 e. The summed E-state index contributed by atoms with van der Waals surface area (Å²) in [6.45, 7) is 10.9. The van der Waals surface area contributed by atoms with Crippen molar-refractivity contribution in [1.82, 2.24) is 0 Å². The van der Waals surface area contributed by atoms with Crippen molar-refractivity contribution < 1.29 is 28.3 Å². The number of esters is 1. The number of carbonyl (C=O) groups excluding carboxylic acids is 3. The van der Waals surface area contributed by atoms with E-state index >= 15 is 0 Å². The van der Waals surface area contributed by atoms with Crippen LogP contribution < -0.4 is 0 Å². The zero-order valence-electron chi connectivity index (χ0n) is 15.5. The Hall–Kier alpha value is -1.05. The summed E-state index contributed by atoms with van der Waals surface area (Å²) in [4.78, 5) is 36.1. The molecule has 3 atom stereocenters. The third kappa shape index (κ3) is 3.63. The van der Waals surface area contributed by atoms with Crippen molar-refractivity contribution in [2.45, 2.75) is 89.5 Å². The van der Waals surface area contributed by atoms with Gasteiger partial charge in [0.1, 0.15) is 11.6 Å². The average Bonchev–Trinajstić information content (AvgIpc) is 2.38. The van der Waals surface area contributed by atoms with Gasteiger partial charge >= 0.3 is 5.97 Å². The lowest BCUT2D eigenvalue weighted by Gasteiger charge is -2.57. The van der Waals surface area contributed by atoms with Gasteiger partial charge in [-0.2, -0.15) is 0 Å². The largest absolute Gasteiger partial charge is 0.451 e. The maximum Gasteiger partial charge on any atom is 0.339 e. The predicted molar refractivity (Wildman–Crippen MR) is 89.9 cm³/mol. The number of carbonyl (C=O) groups is 3. The smallest absolute Gasteiger partial charge is 0.339 e. The molecule has 136 valence electrons. The number of Topliss-reactive ketones (excluding diaryl/α,β-unsaturated/α-hetero) is 2. The topological polar surface area (TPSA) is 78.9 Å². The summed E-state index contributed by atoms with van der Waals surface area (Å²) in [6.07, 6.45) is 1.21. The van der Waals surface area contributed by atoms with Gasteiger partial charge in [-0.25, -0.2) is 4.79 Å². The molecule has 7 heteroatoms. The molecule has 0 aromatic rings. The van der Waals surface area contributed by atoms with Crippen LogP contribution in [0.2, 0.25) is 19.6 Å². The molecule has 0 N–H and O–H groups in total. The molecule has 1 heterocycles. The fourth-order valence-electron chi connectivity index (χ4n) is 3.32. The standard InChI is InChI=1S/C17H28O6Si/c1-12(18)7-9-15(2)14(20)21-16(3)10-8-13(19)11-17(16,22-15)23-24(4,5)6/h7-11H2,1-6H3/t15-,16-,17-/m0/s1. The van der Waals surface area contributed by atoms with Crippen LogP contribution in [0.3, 0.4) is 0 Å². The average molecular weight is 356 g/mol. The lowest BCUT2D eigenvalue weighted by molar-refractivity contribution is -0.360. The van der Waals surface area contributed by atoms with Crippen LogP contribution in [0, 0.1) is 0 Å². The third-order valence-electron chi connectivity index (χ3n) is 4.68. The van der Waals surface area contributed by atoms with Gasteiger partial charge in [0.25, 0.3) is 0 Å². The molecular weight excluding hydrogens is 328 g/mol. The maximum atomic E-state index is 12.6.